The van der Waals surface area contributed by atoms with Crippen LogP contribution in [0.25, 0.3) is 0 Å². The number of rotatable bonds is 3. The molecule has 2 unspecified atom stereocenters. The summed E-state index contributed by atoms with van der Waals surface area (Å²) in [5.41, 5.74) is 0.494. The van der Waals surface area contributed by atoms with Crippen molar-refractivity contribution in [2.75, 3.05) is 13.1 Å². The van der Waals surface area contributed by atoms with E-state index in [2.05, 4.69) is 0 Å². The average molecular weight is 253 g/mol. The van der Waals surface area contributed by atoms with Crippen molar-refractivity contribution in [2.45, 2.75) is 13.5 Å². The van der Waals surface area contributed by atoms with Gasteiger partial charge < -0.3 is 10.2 Å². The highest BCUT2D eigenvalue weighted by Crippen LogP contribution is 2.27. The van der Waals surface area contributed by atoms with Gasteiger partial charge in [-0.15, -0.1) is 0 Å². The Morgan fingerprint density at radius 2 is 2.22 bits per heavy atom. The van der Waals surface area contributed by atoms with E-state index in [0.29, 0.717) is 25.2 Å². The van der Waals surface area contributed by atoms with E-state index in [9.17, 15) is 14.3 Å². The van der Waals surface area contributed by atoms with Gasteiger partial charge in [0.25, 0.3) is 0 Å². The molecule has 0 spiro atoms. The number of nitrogens with zero attached hydrogens (tertiary/aromatic N) is 1. The Labute approximate surface area is 105 Å². The molecular weight excluding hydrogens is 237 g/mol. The van der Waals surface area contributed by atoms with E-state index in [1.807, 2.05) is 11.8 Å². The standard InChI is InChI=1S/C13H16FNO3/c1-8-5-15(7-11(8)13(17)18)6-9-4-10(14)2-3-12(9)16/h2-4,8,11,16H,5-7H2,1H3,(H,17,18). The lowest BCUT2D eigenvalue weighted by Gasteiger charge is -2.16. The predicted molar refractivity (Wildman–Crippen MR) is 63.6 cm³/mol. The van der Waals surface area contributed by atoms with Crippen LogP contribution in [0.4, 0.5) is 4.39 Å². The highest BCUT2D eigenvalue weighted by Gasteiger charge is 2.34. The Bertz CT molecular complexity index is 464. The molecule has 4 nitrogen and oxygen atoms in total. The third-order valence-corrected chi connectivity index (χ3v) is 3.44. The van der Waals surface area contributed by atoms with E-state index in [1.54, 1.807) is 0 Å². The Hall–Kier alpha value is -1.62. The molecule has 0 aliphatic carbocycles. The molecule has 1 aliphatic rings. The lowest BCUT2D eigenvalue weighted by Crippen LogP contribution is -2.23. The topological polar surface area (TPSA) is 60.8 Å². The van der Waals surface area contributed by atoms with E-state index in [1.165, 1.54) is 18.2 Å². The molecule has 2 atom stereocenters. The number of aliphatic carboxylic acids is 1. The van der Waals surface area contributed by atoms with Gasteiger partial charge in [-0.2, -0.15) is 0 Å². The van der Waals surface area contributed by atoms with Crippen LogP contribution in [0.1, 0.15) is 12.5 Å². The number of likely N-dealkylation sites (tertiary alicyclic amines) is 1. The van der Waals surface area contributed by atoms with E-state index in [0.717, 1.165) is 0 Å². The molecule has 0 radical (unpaired) electrons. The number of hydrogen-bond donors (Lipinski definition) is 2. The summed E-state index contributed by atoms with van der Waals surface area (Å²) >= 11 is 0. The van der Waals surface area contributed by atoms with Crippen LogP contribution in [0.15, 0.2) is 18.2 Å². The molecule has 0 aromatic heterocycles. The normalized spacial score (nSPS) is 24.3. The van der Waals surface area contributed by atoms with Gasteiger partial charge in [0.05, 0.1) is 5.92 Å². The fraction of sp³-hybridized carbons (Fsp3) is 0.462. The van der Waals surface area contributed by atoms with Crippen molar-refractivity contribution in [2.24, 2.45) is 11.8 Å². The molecular formula is C13H16FNO3. The van der Waals surface area contributed by atoms with Gasteiger partial charge in [-0.1, -0.05) is 6.92 Å². The SMILES string of the molecule is CC1CN(Cc2cc(F)ccc2O)CC1C(=O)O. The van der Waals surface area contributed by atoms with E-state index in [4.69, 9.17) is 5.11 Å². The highest BCUT2D eigenvalue weighted by atomic mass is 19.1. The number of aromatic hydroxyl groups is 1. The van der Waals surface area contributed by atoms with Crippen molar-refractivity contribution in [1.82, 2.24) is 4.90 Å². The van der Waals surface area contributed by atoms with Crippen molar-refractivity contribution in [3.63, 3.8) is 0 Å². The van der Waals surface area contributed by atoms with Gasteiger partial charge in [-0.05, 0) is 24.1 Å². The number of hydrogen-bond acceptors (Lipinski definition) is 3. The third-order valence-electron chi connectivity index (χ3n) is 3.44. The molecule has 0 amide bonds. The minimum absolute atomic E-state index is 0.0443. The molecule has 0 saturated carbocycles. The Balaban J connectivity index is 2.07. The maximum Gasteiger partial charge on any atom is 0.308 e. The number of carboxylic acid groups (broad SMARTS) is 1. The second-order valence-electron chi connectivity index (χ2n) is 4.89. The highest BCUT2D eigenvalue weighted by molar-refractivity contribution is 5.71. The maximum atomic E-state index is 13.1. The first kappa shape index (κ1) is 12.8. The molecule has 1 aromatic carbocycles. The number of phenols is 1. The Kier molecular flexibility index (Phi) is 3.52. The van der Waals surface area contributed by atoms with Crippen LogP contribution in [0.2, 0.25) is 0 Å². The lowest BCUT2D eigenvalue weighted by atomic mass is 9.99. The fourth-order valence-electron chi connectivity index (χ4n) is 2.44. The zero-order valence-corrected chi connectivity index (χ0v) is 10.1. The summed E-state index contributed by atoms with van der Waals surface area (Å²) in [5.74, 6) is -1.47. The van der Waals surface area contributed by atoms with Crippen molar-refractivity contribution < 1.29 is 19.4 Å². The van der Waals surface area contributed by atoms with E-state index < -0.39 is 11.8 Å². The molecule has 1 heterocycles. The zero-order chi connectivity index (χ0) is 13.3. The second-order valence-corrected chi connectivity index (χ2v) is 4.89. The van der Waals surface area contributed by atoms with Gasteiger partial charge in [0, 0.05) is 25.2 Å². The summed E-state index contributed by atoms with van der Waals surface area (Å²) in [6, 6.07) is 3.80. The summed E-state index contributed by atoms with van der Waals surface area (Å²) in [7, 11) is 0. The minimum Gasteiger partial charge on any atom is -0.508 e. The fourth-order valence-corrected chi connectivity index (χ4v) is 2.44. The number of halogens is 1. The first-order valence-corrected chi connectivity index (χ1v) is 5.90. The van der Waals surface area contributed by atoms with E-state index in [-0.39, 0.29) is 17.6 Å². The monoisotopic (exact) mass is 253 g/mol. The number of benzene rings is 1. The van der Waals surface area contributed by atoms with Crippen LogP contribution in [-0.2, 0) is 11.3 Å². The van der Waals surface area contributed by atoms with Gasteiger partial charge in [-0.3, -0.25) is 9.69 Å². The number of carboxylic acids is 1. The number of phenolic OH excluding ortho intramolecular Hbond substituents is 1. The third kappa shape index (κ3) is 2.61. The molecule has 2 N–H and O–H groups in total. The van der Waals surface area contributed by atoms with Gasteiger partial charge >= 0.3 is 5.97 Å². The lowest BCUT2D eigenvalue weighted by molar-refractivity contribution is -0.142. The van der Waals surface area contributed by atoms with Crippen molar-refractivity contribution in [3.8, 4) is 5.75 Å². The van der Waals surface area contributed by atoms with Crippen LogP contribution in [0.3, 0.4) is 0 Å². The molecule has 1 saturated heterocycles. The smallest absolute Gasteiger partial charge is 0.308 e. The van der Waals surface area contributed by atoms with Crippen molar-refractivity contribution in [1.29, 1.82) is 0 Å². The first-order chi connectivity index (χ1) is 8.47. The molecule has 1 aromatic rings. The summed E-state index contributed by atoms with van der Waals surface area (Å²) < 4.78 is 13.1. The van der Waals surface area contributed by atoms with Crippen LogP contribution >= 0.6 is 0 Å². The maximum absolute atomic E-state index is 13.1. The molecule has 98 valence electrons. The molecule has 18 heavy (non-hydrogen) atoms. The summed E-state index contributed by atoms with van der Waals surface area (Å²) in [4.78, 5) is 12.9. The largest absolute Gasteiger partial charge is 0.508 e. The average Bonchev–Trinajstić information content (AvgIpc) is 2.65. The van der Waals surface area contributed by atoms with Crippen LogP contribution in [0.5, 0.6) is 5.75 Å². The molecule has 1 aliphatic heterocycles. The van der Waals surface area contributed by atoms with Gasteiger partial charge in [-0.25, -0.2) is 4.39 Å². The van der Waals surface area contributed by atoms with Crippen molar-refractivity contribution in [3.05, 3.63) is 29.6 Å². The van der Waals surface area contributed by atoms with Crippen LogP contribution in [-0.4, -0.2) is 34.2 Å². The number of carbonyl (C=O) groups is 1. The predicted octanol–water partition coefficient (Wildman–Crippen LogP) is 1.68. The summed E-state index contributed by atoms with van der Waals surface area (Å²) in [6.45, 7) is 3.35. The quantitative estimate of drug-likeness (QED) is 0.860. The van der Waals surface area contributed by atoms with Crippen LogP contribution < -0.4 is 0 Å². The summed E-state index contributed by atoms with van der Waals surface area (Å²) in [6.07, 6.45) is 0. The minimum atomic E-state index is -0.798. The zero-order valence-electron chi connectivity index (χ0n) is 10.1. The molecule has 0 bridgehead atoms. The molecule has 1 fully saturated rings. The van der Waals surface area contributed by atoms with Crippen LogP contribution in [0, 0.1) is 17.7 Å². The van der Waals surface area contributed by atoms with Gasteiger partial charge in [0.2, 0.25) is 0 Å². The van der Waals surface area contributed by atoms with Gasteiger partial charge in [0.15, 0.2) is 0 Å². The van der Waals surface area contributed by atoms with Crippen molar-refractivity contribution >= 4 is 5.97 Å². The van der Waals surface area contributed by atoms with E-state index >= 15 is 0 Å². The van der Waals surface area contributed by atoms with Gasteiger partial charge in [0.1, 0.15) is 11.6 Å². The molecule has 5 heteroatoms. The first-order valence-electron chi connectivity index (χ1n) is 5.90. The molecule has 2 rings (SSSR count). The summed E-state index contributed by atoms with van der Waals surface area (Å²) in [5, 5.41) is 18.7. The Morgan fingerprint density at radius 1 is 1.50 bits per heavy atom. The Morgan fingerprint density at radius 3 is 2.83 bits per heavy atom. The second kappa shape index (κ2) is 4.94.